The third-order valence-corrected chi connectivity index (χ3v) is 4.87. The van der Waals surface area contributed by atoms with E-state index in [1.54, 1.807) is 28.8 Å². The van der Waals surface area contributed by atoms with Crippen LogP contribution in [-0.2, 0) is 15.1 Å². The number of aromatic nitrogens is 4. The molecule has 1 aromatic heterocycles. The minimum Gasteiger partial charge on any atom is -0.495 e. The number of ether oxygens (including phenoxy) is 1. The fraction of sp³-hybridized carbons (Fsp3) is 0.526. The Bertz CT molecular complexity index is 833. The molecule has 0 unspecified atom stereocenters. The predicted molar refractivity (Wildman–Crippen MR) is 112 cm³/mol. The van der Waals surface area contributed by atoms with Crippen LogP contribution < -0.4 is 10.1 Å². The van der Waals surface area contributed by atoms with Gasteiger partial charge in [0.2, 0.25) is 17.0 Å². The SMILES string of the molecule is CCCN(CC(=O)Nc1ccccc1OC)C(=O)CSc1nnnn1C(C)(C)C. The molecule has 1 N–H and O–H groups in total. The molecule has 29 heavy (non-hydrogen) atoms. The molecule has 0 radical (unpaired) electrons. The van der Waals surface area contributed by atoms with E-state index in [1.165, 1.54) is 11.8 Å². The van der Waals surface area contributed by atoms with Crippen LogP contribution in [0.4, 0.5) is 5.69 Å². The Balaban J connectivity index is 1.98. The van der Waals surface area contributed by atoms with Crippen molar-refractivity contribution in [3.05, 3.63) is 24.3 Å². The van der Waals surface area contributed by atoms with Crippen LogP contribution in [0.1, 0.15) is 34.1 Å². The van der Waals surface area contributed by atoms with Gasteiger partial charge in [-0.1, -0.05) is 30.8 Å². The highest BCUT2D eigenvalue weighted by Crippen LogP contribution is 2.23. The van der Waals surface area contributed by atoms with Gasteiger partial charge in [-0.25, -0.2) is 4.68 Å². The molecule has 1 heterocycles. The van der Waals surface area contributed by atoms with Crippen molar-refractivity contribution in [1.29, 1.82) is 0 Å². The first-order valence-electron chi connectivity index (χ1n) is 9.38. The molecule has 0 bridgehead atoms. The van der Waals surface area contributed by atoms with Gasteiger partial charge < -0.3 is 15.0 Å². The average molecular weight is 421 g/mol. The molecule has 158 valence electrons. The summed E-state index contributed by atoms with van der Waals surface area (Å²) < 4.78 is 6.93. The normalized spacial score (nSPS) is 11.2. The van der Waals surface area contributed by atoms with E-state index in [2.05, 4.69) is 20.8 Å². The first kappa shape index (κ1) is 22.7. The number of benzene rings is 1. The minimum absolute atomic E-state index is 0.0322. The van der Waals surface area contributed by atoms with Gasteiger partial charge in [0, 0.05) is 6.54 Å². The number of hydrogen-bond donors (Lipinski definition) is 1. The summed E-state index contributed by atoms with van der Waals surface area (Å²) >= 11 is 1.26. The van der Waals surface area contributed by atoms with E-state index in [0.29, 0.717) is 23.1 Å². The first-order valence-corrected chi connectivity index (χ1v) is 10.4. The Labute approximate surface area is 175 Å². The molecule has 0 saturated heterocycles. The van der Waals surface area contributed by atoms with Crippen molar-refractivity contribution in [2.45, 2.75) is 44.8 Å². The number of nitrogens with one attached hydrogen (secondary N) is 1. The molecule has 9 nitrogen and oxygen atoms in total. The number of methoxy groups -OCH3 is 1. The molecule has 0 aliphatic carbocycles. The van der Waals surface area contributed by atoms with Gasteiger partial charge in [0.1, 0.15) is 5.75 Å². The van der Waals surface area contributed by atoms with Crippen LogP contribution in [0.2, 0.25) is 0 Å². The second kappa shape index (κ2) is 10.2. The lowest BCUT2D eigenvalue weighted by Gasteiger charge is -2.22. The second-order valence-electron chi connectivity index (χ2n) is 7.40. The standard InChI is InChI=1S/C19H28N6O3S/c1-6-11-24(12-16(26)20-14-9-7-8-10-15(14)28-5)17(27)13-29-18-21-22-23-25(18)19(2,3)4/h7-10H,6,11-13H2,1-5H3,(H,20,26). The largest absolute Gasteiger partial charge is 0.495 e. The Morgan fingerprint density at radius 2 is 2.00 bits per heavy atom. The second-order valence-corrected chi connectivity index (χ2v) is 8.34. The lowest BCUT2D eigenvalue weighted by molar-refractivity contribution is -0.132. The molecule has 0 fully saturated rings. The molecule has 10 heteroatoms. The van der Waals surface area contributed by atoms with Gasteiger partial charge in [-0.05, 0) is 49.8 Å². The summed E-state index contributed by atoms with van der Waals surface area (Å²) in [5.41, 5.74) is 0.287. The lowest BCUT2D eigenvalue weighted by Crippen LogP contribution is -2.39. The molecule has 1 aromatic carbocycles. The smallest absolute Gasteiger partial charge is 0.244 e. The number of thioether (sulfide) groups is 1. The Hall–Kier alpha value is -2.62. The van der Waals surface area contributed by atoms with Crippen LogP contribution in [0.5, 0.6) is 5.75 Å². The van der Waals surface area contributed by atoms with E-state index in [9.17, 15) is 9.59 Å². The van der Waals surface area contributed by atoms with Gasteiger partial charge >= 0.3 is 0 Å². The molecule has 2 rings (SSSR count). The van der Waals surface area contributed by atoms with E-state index in [0.717, 1.165) is 6.42 Å². The maximum absolute atomic E-state index is 12.7. The van der Waals surface area contributed by atoms with Crippen molar-refractivity contribution in [3.63, 3.8) is 0 Å². The van der Waals surface area contributed by atoms with Crippen LogP contribution >= 0.6 is 11.8 Å². The maximum atomic E-state index is 12.7. The monoisotopic (exact) mass is 420 g/mol. The number of hydrogen-bond acceptors (Lipinski definition) is 7. The quantitative estimate of drug-likeness (QED) is 0.622. The molecule has 0 saturated carbocycles. The highest BCUT2D eigenvalue weighted by atomic mass is 32.2. The van der Waals surface area contributed by atoms with Gasteiger partial charge in [0.05, 0.1) is 30.6 Å². The summed E-state index contributed by atoms with van der Waals surface area (Å²) in [4.78, 5) is 26.8. The Kier molecular flexibility index (Phi) is 8.00. The Morgan fingerprint density at radius 3 is 2.66 bits per heavy atom. The zero-order valence-corrected chi connectivity index (χ0v) is 18.3. The van der Waals surface area contributed by atoms with E-state index in [-0.39, 0.29) is 29.7 Å². The summed E-state index contributed by atoms with van der Waals surface area (Å²) in [7, 11) is 1.54. The van der Waals surface area contributed by atoms with E-state index >= 15 is 0 Å². The van der Waals surface area contributed by atoms with Crippen LogP contribution in [0.25, 0.3) is 0 Å². The van der Waals surface area contributed by atoms with E-state index < -0.39 is 0 Å². The van der Waals surface area contributed by atoms with Crippen molar-refractivity contribution >= 4 is 29.3 Å². The summed E-state index contributed by atoms with van der Waals surface area (Å²) in [6, 6.07) is 7.15. The number of tetrazole rings is 1. The average Bonchev–Trinajstić information content (AvgIpc) is 3.15. The number of anilines is 1. The zero-order valence-electron chi connectivity index (χ0n) is 17.5. The van der Waals surface area contributed by atoms with Crippen LogP contribution in [0.3, 0.4) is 0 Å². The molecular formula is C19H28N6O3S. The third kappa shape index (κ3) is 6.45. The van der Waals surface area contributed by atoms with Gasteiger partial charge in [-0.3, -0.25) is 9.59 Å². The van der Waals surface area contributed by atoms with Crippen molar-refractivity contribution in [1.82, 2.24) is 25.1 Å². The molecule has 2 amide bonds. The fourth-order valence-electron chi connectivity index (χ4n) is 2.58. The number of amides is 2. The van der Waals surface area contributed by atoms with Gasteiger partial charge in [0.15, 0.2) is 0 Å². The molecule has 0 atom stereocenters. The van der Waals surface area contributed by atoms with Crippen molar-refractivity contribution in [2.75, 3.05) is 31.3 Å². The van der Waals surface area contributed by atoms with Crippen molar-refractivity contribution in [3.8, 4) is 5.75 Å². The van der Waals surface area contributed by atoms with Gasteiger partial charge in [-0.2, -0.15) is 0 Å². The molecule has 0 aliphatic rings. The predicted octanol–water partition coefficient (Wildman–Crippen LogP) is 2.41. The molecule has 0 spiro atoms. The van der Waals surface area contributed by atoms with E-state index in [4.69, 9.17) is 4.74 Å². The van der Waals surface area contributed by atoms with Crippen molar-refractivity contribution < 1.29 is 14.3 Å². The highest BCUT2D eigenvalue weighted by Gasteiger charge is 2.23. The van der Waals surface area contributed by atoms with Crippen molar-refractivity contribution in [2.24, 2.45) is 0 Å². The number of rotatable bonds is 9. The number of para-hydroxylation sites is 2. The van der Waals surface area contributed by atoms with Crippen LogP contribution in [-0.4, -0.2) is 62.9 Å². The topological polar surface area (TPSA) is 102 Å². The lowest BCUT2D eigenvalue weighted by atomic mass is 10.1. The highest BCUT2D eigenvalue weighted by molar-refractivity contribution is 7.99. The molecule has 0 aliphatic heterocycles. The van der Waals surface area contributed by atoms with Gasteiger partial charge in [-0.15, -0.1) is 5.10 Å². The van der Waals surface area contributed by atoms with Crippen LogP contribution in [0, 0.1) is 0 Å². The summed E-state index contributed by atoms with van der Waals surface area (Å²) in [6.07, 6.45) is 0.748. The summed E-state index contributed by atoms with van der Waals surface area (Å²) in [6.45, 7) is 8.38. The minimum atomic E-state index is -0.285. The zero-order chi connectivity index (χ0) is 21.4. The van der Waals surface area contributed by atoms with Gasteiger partial charge in [0.25, 0.3) is 0 Å². The number of carbonyl (C=O) groups is 2. The third-order valence-electron chi connectivity index (χ3n) is 3.96. The summed E-state index contributed by atoms with van der Waals surface area (Å²) in [5.74, 6) is 0.299. The maximum Gasteiger partial charge on any atom is 0.244 e. The fourth-order valence-corrected chi connectivity index (χ4v) is 3.54. The Morgan fingerprint density at radius 1 is 1.28 bits per heavy atom. The first-order chi connectivity index (χ1) is 13.8. The number of carbonyl (C=O) groups excluding carboxylic acids is 2. The number of nitrogens with zero attached hydrogens (tertiary/aromatic N) is 5. The van der Waals surface area contributed by atoms with Crippen LogP contribution in [0.15, 0.2) is 29.4 Å². The van der Waals surface area contributed by atoms with E-state index in [1.807, 2.05) is 39.8 Å². The molecular weight excluding hydrogens is 392 g/mol. The molecule has 2 aromatic rings. The summed E-state index contributed by atoms with van der Waals surface area (Å²) in [5, 5.41) is 15.1.